The number of ether oxygens (including phenoxy) is 1. The third kappa shape index (κ3) is 4.36. The van der Waals surface area contributed by atoms with E-state index >= 15 is 0 Å². The minimum atomic E-state index is -3.34. The summed E-state index contributed by atoms with van der Waals surface area (Å²) in [6.07, 6.45) is 1.13. The number of nitrogens with one attached hydrogen (secondary N) is 1. The standard InChI is InChI=1S/C21H26N2O4S/c1-5-27-13-15(3)23-12-18-10-17(9-14(2)20(18)21(23)24)16-7-6-8-19(11-16)22-28(4,25)26/h6-11,15,22H,5,12-13H2,1-4H3. The molecule has 0 saturated carbocycles. The largest absolute Gasteiger partial charge is 0.380 e. The molecule has 0 radical (unpaired) electrons. The summed E-state index contributed by atoms with van der Waals surface area (Å²) in [5.41, 5.74) is 5.04. The van der Waals surface area contributed by atoms with E-state index < -0.39 is 10.0 Å². The lowest BCUT2D eigenvalue weighted by Gasteiger charge is -2.23. The molecule has 6 nitrogen and oxygen atoms in total. The van der Waals surface area contributed by atoms with Gasteiger partial charge in [0.05, 0.1) is 18.9 Å². The van der Waals surface area contributed by atoms with Crippen LogP contribution in [0.1, 0.15) is 35.3 Å². The monoisotopic (exact) mass is 402 g/mol. The maximum atomic E-state index is 12.9. The van der Waals surface area contributed by atoms with Gasteiger partial charge in [0.1, 0.15) is 0 Å². The molecule has 3 rings (SSSR count). The first-order valence-electron chi connectivity index (χ1n) is 9.30. The summed E-state index contributed by atoms with van der Waals surface area (Å²) in [6, 6.07) is 11.3. The molecule has 1 amide bonds. The molecule has 7 heteroatoms. The van der Waals surface area contributed by atoms with Gasteiger partial charge in [-0.3, -0.25) is 9.52 Å². The van der Waals surface area contributed by atoms with E-state index in [1.807, 2.05) is 49.9 Å². The quantitative estimate of drug-likeness (QED) is 0.770. The van der Waals surface area contributed by atoms with Gasteiger partial charge in [-0.1, -0.05) is 18.2 Å². The van der Waals surface area contributed by atoms with E-state index in [0.29, 0.717) is 25.4 Å². The van der Waals surface area contributed by atoms with Crippen LogP contribution in [-0.4, -0.2) is 44.7 Å². The zero-order chi connectivity index (χ0) is 20.5. The predicted octanol–water partition coefficient (Wildman–Crippen LogP) is 3.41. The van der Waals surface area contributed by atoms with Crippen LogP contribution in [0.25, 0.3) is 11.1 Å². The van der Waals surface area contributed by atoms with Crippen LogP contribution in [0.15, 0.2) is 36.4 Å². The highest BCUT2D eigenvalue weighted by Crippen LogP contribution is 2.33. The molecular weight excluding hydrogens is 376 g/mol. The first-order chi connectivity index (χ1) is 13.2. The highest BCUT2D eigenvalue weighted by Gasteiger charge is 2.32. The zero-order valence-corrected chi connectivity index (χ0v) is 17.5. The van der Waals surface area contributed by atoms with E-state index in [4.69, 9.17) is 4.74 Å². The molecule has 0 aliphatic carbocycles. The summed E-state index contributed by atoms with van der Waals surface area (Å²) in [5.74, 6) is 0.0405. The van der Waals surface area contributed by atoms with Crippen LogP contribution < -0.4 is 4.72 Å². The molecule has 1 atom stereocenters. The average Bonchev–Trinajstić information content (AvgIpc) is 2.95. The molecule has 1 aliphatic heterocycles. The molecule has 2 aromatic carbocycles. The second-order valence-corrected chi connectivity index (χ2v) is 8.97. The van der Waals surface area contributed by atoms with Gasteiger partial charge in [-0.25, -0.2) is 8.42 Å². The van der Waals surface area contributed by atoms with Crippen molar-refractivity contribution >= 4 is 21.6 Å². The fraction of sp³-hybridized carbons (Fsp3) is 0.381. The number of hydrogen-bond acceptors (Lipinski definition) is 4. The van der Waals surface area contributed by atoms with E-state index in [1.54, 1.807) is 12.1 Å². The second kappa shape index (κ2) is 7.93. The SMILES string of the molecule is CCOCC(C)N1Cc2cc(-c3cccc(NS(C)(=O)=O)c3)cc(C)c2C1=O. The average molecular weight is 403 g/mol. The normalized spacial score (nSPS) is 14.9. The number of aryl methyl sites for hydroxylation is 1. The number of sulfonamides is 1. The van der Waals surface area contributed by atoms with Crippen molar-refractivity contribution in [3.8, 4) is 11.1 Å². The molecule has 150 valence electrons. The van der Waals surface area contributed by atoms with Crippen molar-refractivity contribution in [3.05, 3.63) is 53.1 Å². The molecule has 1 N–H and O–H groups in total. The minimum absolute atomic E-state index is 0.00462. The van der Waals surface area contributed by atoms with Crippen LogP contribution in [0.4, 0.5) is 5.69 Å². The highest BCUT2D eigenvalue weighted by atomic mass is 32.2. The highest BCUT2D eigenvalue weighted by molar-refractivity contribution is 7.92. The van der Waals surface area contributed by atoms with Crippen LogP contribution in [-0.2, 0) is 21.3 Å². The van der Waals surface area contributed by atoms with Crippen molar-refractivity contribution < 1.29 is 17.9 Å². The van der Waals surface area contributed by atoms with Gasteiger partial charge in [0.15, 0.2) is 0 Å². The summed E-state index contributed by atoms with van der Waals surface area (Å²) >= 11 is 0. The van der Waals surface area contributed by atoms with E-state index in [1.165, 1.54) is 0 Å². The molecule has 1 unspecified atom stereocenters. The summed E-state index contributed by atoms with van der Waals surface area (Å²) in [5, 5.41) is 0. The summed E-state index contributed by atoms with van der Waals surface area (Å²) < 4.78 is 31.0. The van der Waals surface area contributed by atoms with Gasteiger partial charge >= 0.3 is 0 Å². The van der Waals surface area contributed by atoms with Gasteiger partial charge in [-0.05, 0) is 61.2 Å². The van der Waals surface area contributed by atoms with Crippen molar-refractivity contribution in [3.63, 3.8) is 0 Å². The van der Waals surface area contributed by atoms with Gasteiger partial charge in [-0.15, -0.1) is 0 Å². The summed E-state index contributed by atoms with van der Waals surface area (Å²) in [6.45, 7) is 7.57. The second-order valence-electron chi connectivity index (χ2n) is 7.22. The molecule has 0 aromatic heterocycles. The van der Waals surface area contributed by atoms with Crippen LogP contribution in [0.2, 0.25) is 0 Å². The number of rotatable bonds is 7. The lowest BCUT2D eigenvalue weighted by molar-refractivity contribution is 0.0514. The van der Waals surface area contributed by atoms with Gasteiger partial charge in [0.25, 0.3) is 5.91 Å². The van der Waals surface area contributed by atoms with Crippen LogP contribution in [0, 0.1) is 6.92 Å². The molecular formula is C21H26N2O4S. The molecule has 2 aromatic rings. The molecule has 0 bridgehead atoms. The molecule has 0 fully saturated rings. The number of fused-ring (bicyclic) bond motifs is 1. The molecule has 0 saturated heterocycles. The maximum absolute atomic E-state index is 12.9. The molecule has 28 heavy (non-hydrogen) atoms. The first-order valence-corrected chi connectivity index (χ1v) is 11.2. The number of nitrogens with zero attached hydrogens (tertiary/aromatic N) is 1. The number of amides is 1. The lowest BCUT2D eigenvalue weighted by Crippen LogP contribution is -2.36. The van der Waals surface area contributed by atoms with Gasteiger partial charge in [0, 0.05) is 24.4 Å². The Labute approximate surface area is 166 Å². The number of carbonyl (C=O) groups excluding carboxylic acids is 1. The zero-order valence-electron chi connectivity index (χ0n) is 16.7. The number of anilines is 1. The third-order valence-electron chi connectivity index (χ3n) is 4.83. The van der Waals surface area contributed by atoms with E-state index in [0.717, 1.165) is 34.1 Å². The minimum Gasteiger partial charge on any atom is -0.380 e. The molecule has 1 heterocycles. The van der Waals surface area contributed by atoms with Crippen molar-refractivity contribution in [2.45, 2.75) is 33.4 Å². The van der Waals surface area contributed by atoms with Gasteiger partial charge < -0.3 is 9.64 Å². The Morgan fingerprint density at radius 1 is 1.21 bits per heavy atom. The van der Waals surface area contributed by atoms with Crippen LogP contribution in [0.5, 0.6) is 0 Å². The Hall–Kier alpha value is -2.38. The van der Waals surface area contributed by atoms with Crippen LogP contribution >= 0.6 is 0 Å². The fourth-order valence-corrected chi connectivity index (χ4v) is 4.12. The Morgan fingerprint density at radius 2 is 1.96 bits per heavy atom. The fourth-order valence-electron chi connectivity index (χ4n) is 3.57. The first kappa shape index (κ1) is 20.4. The van der Waals surface area contributed by atoms with Crippen molar-refractivity contribution in [1.29, 1.82) is 0 Å². The van der Waals surface area contributed by atoms with Crippen molar-refractivity contribution in [2.75, 3.05) is 24.2 Å². The Balaban J connectivity index is 1.92. The molecule has 1 aliphatic rings. The number of benzene rings is 2. The van der Waals surface area contributed by atoms with Crippen molar-refractivity contribution in [2.24, 2.45) is 0 Å². The smallest absolute Gasteiger partial charge is 0.255 e. The Kier molecular flexibility index (Phi) is 5.76. The molecule has 0 spiro atoms. The van der Waals surface area contributed by atoms with Crippen molar-refractivity contribution in [1.82, 2.24) is 4.90 Å². The Morgan fingerprint density at radius 3 is 2.64 bits per heavy atom. The Bertz CT molecular complexity index is 1000. The predicted molar refractivity (Wildman–Crippen MR) is 111 cm³/mol. The summed E-state index contributed by atoms with van der Waals surface area (Å²) in [7, 11) is -3.34. The topological polar surface area (TPSA) is 75.7 Å². The summed E-state index contributed by atoms with van der Waals surface area (Å²) in [4.78, 5) is 14.7. The third-order valence-corrected chi connectivity index (χ3v) is 5.43. The maximum Gasteiger partial charge on any atom is 0.255 e. The number of carbonyl (C=O) groups is 1. The van der Waals surface area contributed by atoms with Crippen LogP contribution in [0.3, 0.4) is 0 Å². The lowest BCUT2D eigenvalue weighted by atomic mass is 9.96. The van der Waals surface area contributed by atoms with Gasteiger partial charge in [-0.2, -0.15) is 0 Å². The van der Waals surface area contributed by atoms with E-state index in [9.17, 15) is 13.2 Å². The number of hydrogen-bond donors (Lipinski definition) is 1. The van der Waals surface area contributed by atoms with Gasteiger partial charge in [0.2, 0.25) is 10.0 Å². The van der Waals surface area contributed by atoms with E-state index in [2.05, 4.69) is 4.72 Å². The van der Waals surface area contributed by atoms with E-state index in [-0.39, 0.29) is 11.9 Å².